The van der Waals surface area contributed by atoms with Gasteiger partial charge in [0.25, 0.3) is 0 Å². The summed E-state index contributed by atoms with van der Waals surface area (Å²) in [6.07, 6.45) is 0.544. The molecule has 5 heteroatoms. The molecule has 33 heavy (non-hydrogen) atoms. The molecule has 170 valence electrons. The molecule has 1 atom stereocenters. The van der Waals surface area contributed by atoms with Gasteiger partial charge in [-0.15, -0.1) is 0 Å². The van der Waals surface area contributed by atoms with Crippen LogP contribution < -0.4 is 0 Å². The number of hydrogen-bond acceptors (Lipinski definition) is 5. The summed E-state index contributed by atoms with van der Waals surface area (Å²) in [5.41, 5.74) is 3.17. The predicted molar refractivity (Wildman–Crippen MR) is 126 cm³/mol. The van der Waals surface area contributed by atoms with Crippen molar-refractivity contribution >= 4 is 17.9 Å². The van der Waals surface area contributed by atoms with Gasteiger partial charge in [-0.05, 0) is 47.7 Å². The van der Waals surface area contributed by atoms with E-state index in [1.807, 2.05) is 38.1 Å². The van der Waals surface area contributed by atoms with Crippen LogP contribution in [0.4, 0.5) is 0 Å². The first-order valence-electron chi connectivity index (χ1n) is 11.1. The summed E-state index contributed by atoms with van der Waals surface area (Å²) in [5.74, 6) is -2.10. The van der Waals surface area contributed by atoms with Crippen molar-refractivity contribution in [2.75, 3.05) is 0 Å². The van der Waals surface area contributed by atoms with Gasteiger partial charge in [-0.2, -0.15) is 0 Å². The van der Waals surface area contributed by atoms with Gasteiger partial charge in [-0.25, -0.2) is 14.4 Å². The van der Waals surface area contributed by atoms with E-state index in [1.54, 1.807) is 54.6 Å². The van der Waals surface area contributed by atoms with Crippen molar-refractivity contribution in [3.05, 3.63) is 107 Å². The number of aryl methyl sites for hydroxylation is 1. The van der Waals surface area contributed by atoms with Crippen LogP contribution in [-0.2, 0) is 20.7 Å². The smallest absolute Gasteiger partial charge is 0.360 e. The van der Waals surface area contributed by atoms with E-state index in [0.29, 0.717) is 17.0 Å². The number of rotatable bonds is 8. The molecule has 0 aromatic heterocycles. The quantitative estimate of drug-likeness (QED) is 0.313. The van der Waals surface area contributed by atoms with Crippen molar-refractivity contribution in [2.45, 2.75) is 45.6 Å². The van der Waals surface area contributed by atoms with Gasteiger partial charge in [0, 0.05) is 5.56 Å². The van der Waals surface area contributed by atoms with E-state index < -0.39 is 24.0 Å². The molecule has 0 amide bonds. The first-order valence-corrected chi connectivity index (χ1v) is 11.1. The van der Waals surface area contributed by atoms with Gasteiger partial charge in [-0.3, -0.25) is 0 Å². The lowest BCUT2D eigenvalue weighted by molar-refractivity contribution is -0.148. The molecule has 0 bridgehead atoms. The number of ether oxygens (including phenoxy) is 2. The maximum Gasteiger partial charge on any atom is 0.360 e. The molecule has 0 radical (unpaired) electrons. The average molecular weight is 445 g/mol. The van der Waals surface area contributed by atoms with Gasteiger partial charge in [0.15, 0.2) is 0 Å². The lowest BCUT2D eigenvalue weighted by Crippen LogP contribution is -2.24. The number of carbonyl (C=O) groups is 3. The fourth-order valence-corrected chi connectivity index (χ4v) is 3.36. The van der Waals surface area contributed by atoms with E-state index in [1.165, 1.54) is 0 Å². The van der Waals surface area contributed by atoms with E-state index >= 15 is 0 Å². The predicted octanol–water partition coefficient (Wildman–Crippen LogP) is 6.04. The molecular weight excluding hydrogens is 416 g/mol. The first-order chi connectivity index (χ1) is 15.9. The molecule has 0 aliphatic carbocycles. The van der Waals surface area contributed by atoms with Gasteiger partial charge >= 0.3 is 17.9 Å². The Morgan fingerprint density at radius 1 is 0.727 bits per heavy atom. The Labute approximate surface area is 194 Å². The molecule has 3 rings (SSSR count). The van der Waals surface area contributed by atoms with Gasteiger partial charge < -0.3 is 9.47 Å². The molecule has 1 unspecified atom stereocenters. The van der Waals surface area contributed by atoms with Crippen molar-refractivity contribution in [1.29, 1.82) is 0 Å². The summed E-state index contributed by atoms with van der Waals surface area (Å²) < 4.78 is 10.6. The Kier molecular flexibility index (Phi) is 8.14. The molecule has 0 saturated carbocycles. The van der Waals surface area contributed by atoms with Crippen LogP contribution in [0.1, 0.15) is 76.6 Å². The third-order valence-electron chi connectivity index (χ3n) is 5.28. The maximum atomic E-state index is 12.9. The Bertz CT molecular complexity index is 1080. The van der Waals surface area contributed by atoms with Crippen LogP contribution in [0, 0.1) is 0 Å². The second-order valence-corrected chi connectivity index (χ2v) is 8.13. The molecule has 0 fully saturated rings. The Hall–Kier alpha value is -3.73. The SMILES string of the molecule is CCCc1ccc(C(=O)OC(C(=O)OC(=O)c2ccc(C(C)C)cc2)c2ccccc2)cc1. The number of benzene rings is 3. The second kappa shape index (κ2) is 11.2. The maximum absolute atomic E-state index is 12.9. The third kappa shape index (κ3) is 6.39. The summed E-state index contributed by atoms with van der Waals surface area (Å²) in [5, 5.41) is 0. The second-order valence-electron chi connectivity index (χ2n) is 8.13. The molecule has 0 heterocycles. The minimum Gasteiger partial charge on any atom is -0.442 e. The first kappa shape index (κ1) is 23.9. The van der Waals surface area contributed by atoms with Gasteiger partial charge in [0.2, 0.25) is 6.10 Å². The lowest BCUT2D eigenvalue weighted by atomic mass is 10.0. The topological polar surface area (TPSA) is 69.7 Å². The summed E-state index contributed by atoms with van der Waals surface area (Å²) in [6.45, 7) is 6.18. The molecule has 0 aliphatic rings. The fraction of sp³-hybridized carbons (Fsp3) is 0.250. The number of hydrogen-bond donors (Lipinski definition) is 0. The summed E-state index contributed by atoms with van der Waals surface area (Å²) in [4.78, 5) is 38.2. The minimum atomic E-state index is -1.37. The summed E-state index contributed by atoms with van der Waals surface area (Å²) in [6, 6.07) is 22.4. The van der Waals surface area contributed by atoms with E-state index in [4.69, 9.17) is 9.47 Å². The zero-order valence-electron chi connectivity index (χ0n) is 19.1. The molecule has 3 aromatic carbocycles. The normalized spacial score (nSPS) is 11.6. The van der Waals surface area contributed by atoms with Crippen LogP contribution in [0.3, 0.4) is 0 Å². The van der Waals surface area contributed by atoms with E-state index in [2.05, 4.69) is 6.92 Å². The van der Waals surface area contributed by atoms with Crippen LogP contribution in [0.15, 0.2) is 78.9 Å². The summed E-state index contributed by atoms with van der Waals surface area (Å²) in [7, 11) is 0. The van der Waals surface area contributed by atoms with Crippen molar-refractivity contribution in [3.63, 3.8) is 0 Å². The van der Waals surface area contributed by atoms with Crippen LogP contribution in [0.5, 0.6) is 0 Å². The molecular formula is C28H28O5. The lowest BCUT2D eigenvalue weighted by Gasteiger charge is -2.17. The number of esters is 3. The molecule has 0 spiro atoms. The van der Waals surface area contributed by atoms with Gasteiger partial charge in [0.05, 0.1) is 11.1 Å². The zero-order valence-corrected chi connectivity index (χ0v) is 19.1. The summed E-state index contributed by atoms with van der Waals surface area (Å²) >= 11 is 0. The monoisotopic (exact) mass is 444 g/mol. The van der Waals surface area contributed by atoms with Crippen molar-refractivity contribution in [1.82, 2.24) is 0 Å². The molecule has 3 aromatic rings. The molecule has 5 nitrogen and oxygen atoms in total. The molecule has 0 aliphatic heterocycles. The highest BCUT2D eigenvalue weighted by Gasteiger charge is 2.29. The van der Waals surface area contributed by atoms with Crippen molar-refractivity contribution < 1.29 is 23.9 Å². The molecule has 0 saturated heterocycles. The van der Waals surface area contributed by atoms with E-state index in [0.717, 1.165) is 24.0 Å². The van der Waals surface area contributed by atoms with Gasteiger partial charge in [-0.1, -0.05) is 81.8 Å². The highest BCUT2D eigenvalue weighted by atomic mass is 16.6. The highest BCUT2D eigenvalue weighted by Crippen LogP contribution is 2.22. The van der Waals surface area contributed by atoms with E-state index in [9.17, 15) is 14.4 Å². The van der Waals surface area contributed by atoms with Gasteiger partial charge in [0.1, 0.15) is 0 Å². The minimum absolute atomic E-state index is 0.248. The van der Waals surface area contributed by atoms with Crippen LogP contribution >= 0.6 is 0 Å². The van der Waals surface area contributed by atoms with Crippen LogP contribution in [0.2, 0.25) is 0 Å². The third-order valence-corrected chi connectivity index (χ3v) is 5.28. The Morgan fingerprint density at radius 2 is 1.30 bits per heavy atom. The molecule has 0 N–H and O–H groups in total. The number of carbonyl (C=O) groups excluding carboxylic acids is 3. The van der Waals surface area contributed by atoms with Crippen molar-refractivity contribution in [2.24, 2.45) is 0 Å². The zero-order chi connectivity index (χ0) is 23.8. The average Bonchev–Trinajstić information content (AvgIpc) is 2.83. The standard InChI is InChI=1S/C28H28O5/c1-4-8-20-11-13-23(14-12-20)26(29)32-25(22-9-6-5-7-10-22)28(31)33-27(30)24-17-15-21(16-18-24)19(2)3/h5-7,9-19,25H,4,8H2,1-3H3. The Morgan fingerprint density at radius 3 is 1.88 bits per heavy atom. The van der Waals surface area contributed by atoms with E-state index in [-0.39, 0.29) is 5.56 Å². The largest absolute Gasteiger partial charge is 0.442 e. The fourth-order valence-electron chi connectivity index (χ4n) is 3.36. The Balaban J connectivity index is 1.76. The van der Waals surface area contributed by atoms with Crippen molar-refractivity contribution in [3.8, 4) is 0 Å². The van der Waals surface area contributed by atoms with Crippen LogP contribution in [0.25, 0.3) is 0 Å². The highest BCUT2D eigenvalue weighted by molar-refractivity contribution is 5.99. The van der Waals surface area contributed by atoms with Crippen LogP contribution in [-0.4, -0.2) is 17.9 Å².